The van der Waals surface area contributed by atoms with Crippen LogP contribution in [0.25, 0.3) is 0 Å². The van der Waals surface area contributed by atoms with Crippen molar-refractivity contribution in [2.45, 2.75) is 25.3 Å². The van der Waals surface area contributed by atoms with Gasteiger partial charge in [0.1, 0.15) is 5.82 Å². The number of nitrogens with zero attached hydrogens (tertiary/aromatic N) is 8. The lowest BCUT2D eigenvalue weighted by Crippen LogP contribution is -2.49. The highest BCUT2D eigenvalue weighted by Crippen LogP contribution is 2.28. The Kier molecular flexibility index (Phi) is 8.24. The van der Waals surface area contributed by atoms with Crippen LogP contribution in [0.15, 0.2) is 18.2 Å². The van der Waals surface area contributed by atoms with Crippen LogP contribution < -0.4 is 26.2 Å². The van der Waals surface area contributed by atoms with Crippen molar-refractivity contribution in [2.75, 3.05) is 94.2 Å². The van der Waals surface area contributed by atoms with Gasteiger partial charge in [0.25, 0.3) is 5.91 Å². The lowest BCUT2D eigenvalue weighted by molar-refractivity contribution is 0.0995. The van der Waals surface area contributed by atoms with E-state index in [1.165, 1.54) is 12.5 Å². The summed E-state index contributed by atoms with van der Waals surface area (Å²) in [6, 6.07) is 5.00. The maximum absolute atomic E-state index is 15.4. The standard InChI is InChI=1S/C28H40FN11O2/c1-36-9-14-40(28(36)42)21-3-2-8-39(18-21)27-33-26(24(25(30)41)34-35-27)32-20-4-5-23(22(29)15-20)38-12-10-37(11-13-38)17-19-6-7-31-16-19/h4-5,15,19,21,31H,2-3,6-14,16-18H2,1H3,(H2,30,41)(H,32,33,35)/t19-,21-/m1/s1. The first-order valence-corrected chi connectivity index (χ1v) is 14.9. The molecule has 226 valence electrons. The van der Waals surface area contributed by atoms with Crippen LogP contribution in [0.5, 0.6) is 0 Å². The molecule has 4 aliphatic rings. The Balaban J connectivity index is 1.13. The molecule has 4 saturated heterocycles. The molecule has 4 fully saturated rings. The number of hydrogen-bond acceptors (Lipinski definition) is 10. The fourth-order valence-electron chi connectivity index (χ4n) is 6.49. The smallest absolute Gasteiger partial charge is 0.320 e. The fourth-order valence-corrected chi connectivity index (χ4v) is 6.49. The van der Waals surface area contributed by atoms with E-state index in [1.807, 2.05) is 16.8 Å². The molecule has 5 heterocycles. The molecule has 3 amide bonds. The van der Waals surface area contributed by atoms with Gasteiger partial charge in [-0.25, -0.2) is 9.18 Å². The monoisotopic (exact) mass is 581 g/mol. The average molecular weight is 582 g/mol. The number of piperazine rings is 1. The van der Waals surface area contributed by atoms with E-state index in [-0.39, 0.29) is 29.4 Å². The predicted molar refractivity (Wildman–Crippen MR) is 158 cm³/mol. The van der Waals surface area contributed by atoms with Crippen molar-refractivity contribution in [3.05, 3.63) is 29.7 Å². The van der Waals surface area contributed by atoms with Crippen molar-refractivity contribution in [2.24, 2.45) is 11.7 Å². The summed E-state index contributed by atoms with van der Waals surface area (Å²) < 4.78 is 15.4. The molecule has 0 aliphatic carbocycles. The summed E-state index contributed by atoms with van der Waals surface area (Å²) in [5, 5.41) is 14.7. The normalized spacial score (nSPS) is 23.6. The number of nitrogens with one attached hydrogen (secondary N) is 2. The fraction of sp³-hybridized carbons (Fsp3) is 0.607. The number of urea groups is 1. The van der Waals surface area contributed by atoms with Crippen LogP contribution in [0.2, 0.25) is 0 Å². The predicted octanol–water partition coefficient (Wildman–Crippen LogP) is 0.921. The Bertz CT molecular complexity index is 1300. The summed E-state index contributed by atoms with van der Waals surface area (Å²) in [5.41, 5.74) is 6.44. The zero-order chi connectivity index (χ0) is 29.2. The van der Waals surface area contributed by atoms with Crippen LogP contribution in [0.1, 0.15) is 29.8 Å². The van der Waals surface area contributed by atoms with E-state index in [1.54, 1.807) is 17.0 Å². The third-order valence-electron chi connectivity index (χ3n) is 8.88. The Morgan fingerprint density at radius 1 is 1.10 bits per heavy atom. The average Bonchev–Trinajstić information content (AvgIpc) is 3.63. The van der Waals surface area contributed by atoms with E-state index < -0.39 is 5.91 Å². The number of nitrogens with two attached hydrogens (primary N) is 1. The van der Waals surface area contributed by atoms with Crippen molar-refractivity contribution in [3.63, 3.8) is 0 Å². The second-order valence-corrected chi connectivity index (χ2v) is 11.8. The largest absolute Gasteiger partial charge is 0.367 e. The first kappa shape index (κ1) is 28.3. The first-order chi connectivity index (χ1) is 20.4. The highest BCUT2D eigenvalue weighted by Gasteiger charge is 2.35. The molecular weight excluding hydrogens is 541 g/mol. The number of hydrogen-bond donors (Lipinski definition) is 3. The lowest BCUT2D eigenvalue weighted by atomic mass is 10.0. The van der Waals surface area contributed by atoms with Crippen LogP contribution >= 0.6 is 0 Å². The molecule has 4 N–H and O–H groups in total. The van der Waals surface area contributed by atoms with Gasteiger partial charge in [-0.15, -0.1) is 10.2 Å². The van der Waals surface area contributed by atoms with E-state index in [0.29, 0.717) is 49.4 Å². The number of carbonyl (C=O) groups is 2. The molecule has 0 spiro atoms. The number of anilines is 4. The molecule has 6 rings (SSSR count). The number of amides is 3. The van der Waals surface area contributed by atoms with Gasteiger partial charge >= 0.3 is 6.03 Å². The molecule has 2 aromatic rings. The van der Waals surface area contributed by atoms with E-state index in [9.17, 15) is 9.59 Å². The van der Waals surface area contributed by atoms with Gasteiger partial charge in [0.2, 0.25) is 5.95 Å². The van der Waals surface area contributed by atoms with E-state index in [4.69, 9.17) is 5.73 Å². The summed E-state index contributed by atoms with van der Waals surface area (Å²) >= 11 is 0. The number of benzene rings is 1. The Hall–Kier alpha value is -3.78. The highest BCUT2D eigenvalue weighted by atomic mass is 19.1. The molecule has 14 heteroatoms. The Morgan fingerprint density at radius 3 is 2.62 bits per heavy atom. The molecular formula is C28H40FN11O2. The SMILES string of the molecule is CN1CCN([C@@H]2CCCN(c3nnc(C(N)=O)c(Nc4ccc(N5CCN(C[C@@H]6CCNC6)CC5)c(F)c4)n3)C2)C1=O. The third kappa shape index (κ3) is 6.04. The van der Waals surface area contributed by atoms with Crippen LogP contribution in [-0.4, -0.2) is 127 Å². The second-order valence-electron chi connectivity index (χ2n) is 11.8. The number of carbonyl (C=O) groups excluding carboxylic acids is 2. The lowest BCUT2D eigenvalue weighted by Gasteiger charge is -2.37. The molecule has 0 radical (unpaired) electrons. The van der Waals surface area contributed by atoms with Crippen LogP contribution in [0, 0.1) is 11.7 Å². The van der Waals surface area contributed by atoms with Crippen molar-refractivity contribution >= 4 is 35.1 Å². The molecule has 42 heavy (non-hydrogen) atoms. The van der Waals surface area contributed by atoms with Crippen molar-refractivity contribution in [3.8, 4) is 0 Å². The molecule has 1 aromatic carbocycles. The molecule has 0 bridgehead atoms. The summed E-state index contributed by atoms with van der Waals surface area (Å²) in [6.45, 7) is 9.28. The van der Waals surface area contributed by atoms with Crippen molar-refractivity contribution < 1.29 is 14.0 Å². The number of aromatic nitrogens is 3. The van der Waals surface area contributed by atoms with Crippen LogP contribution in [0.4, 0.5) is 32.3 Å². The number of primary amides is 1. The zero-order valence-corrected chi connectivity index (χ0v) is 24.1. The molecule has 0 unspecified atom stereocenters. The van der Waals surface area contributed by atoms with Gasteiger partial charge < -0.3 is 36.0 Å². The summed E-state index contributed by atoms with van der Waals surface area (Å²) in [7, 11) is 1.81. The number of rotatable bonds is 8. The number of halogens is 1. The minimum absolute atomic E-state index is 0.0290. The topological polar surface area (TPSA) is 139 Å². The number of piperidine rings is 1. The minimum atomic E-state index is -0.783. The van der Waals surface area contributed by atoms with Gasteiger partial charge in [0, 0.05) is 71.6 Å². The molecule has 1 aromatic heterocycles. The second kappa shape index (κ2) is 12.2. The van der Waals surface area contributed by atoms with E-state index >= 15 is 4.39 Å². The Labute approximate surface area is 245 Å². The summed E-state index contributed by atoms with van der Waals surface area (Å²) in [5.74, 6) is 0.0164. The minimum Gasteiger partial charge on any atom is -0.367 e. The van der Waals surface area contributed by atoms with Gasteiger partial charge in [0.15, 0.2) is 11.5 Å². The maximum Gasteiger partial charge on any atom is 0.320 e. The van der Waals surface area contributed by atoms with Gasteiger partial charge in [0.05, 0.1) is 11.7 Å². The van der Waals surface area contributed by atoms with Gasteiger partial charge in [-0.1, -0.05) is 0 Å². The molecule has 2 atom stereocenters. The summed E-state index contributed by atoms with van der Waals surface area (Å²) in [6.07, 6.45) is 2.98. The maximum atomic E-state index is 15.4. The third-order valence-corrected chi connectivity index (χ3v) is 8.88. The van der Waals surface area contributed by atoms with E-state index in [0.717, 1.165) is 58.7 Å². The zero-order valence-electron chi connectivity index (χ0n) is 24.1. The highest BCUT2D eigenvalue weighted by molar-refractivity contribution is 5.96. The molecule has 0 saturated carbocycles. The van der Waals surface area contributed by atoms with E-state index in [2.05, 4.69) is 35.6 Å². The first-order valence-electron chi connectivity index (χ1n) is 14.9. The van der Waals surface area contributed by atoms with Gasteiger partial charge in [-0.05, 0) is 56.5 Å². The molecule has 13 nitrogen and oxygen atoms in total. The number of likely N-dealkylation sites (N-methyl/N-ethyl adjacent to an activating group) is 1. The quantitative estimate of drug-likeness (QED) is 0.413. The molecule has 4 aliphatic heterocycles. The van der Waals surface area contributed by atoms with Crippen molar-refractivity contribution in [1.82, 2.24) is 35.2 Å². The summed E-state index contributed by atoms with van der Waals surface area (Å²) in [4.78, 5) is 39.4. The van der Waals surface area contributed by atoms with Gasteiger partial charge in [-0.2, -0.15) is 4.98 Å². The van der Waals surface area contributed by atoms with Gasteiger partial charge in [-0.3, -0.25) is 9.69 Å². The van der Waals surface area contributed by atoms with Crippen molar-refractivity contribution in [1.29, 1.82) is 0 Å². The Morgan fingerprint density at radius 2 is 1.93 bits per heavy atom. The van der Waals surface area contributed by atoms with Crippen LogP contribution in [0.3, 0.4) is 0 Å². The van der Waals surface area contributed by atoms with Crippen LogP contribution in [-0.2, 0) is 0 Å².